The maximum Gasteiger partial charge on any atom is 0.141 e. The molecule has 2 aromatic heterocycles. The van der Waals surface area contributed by atoms with Gasteiger partial charge in [-0.3, -0.25) is 4.98 Å². The van der Waals surface area contributed by atoms with Gasteiger partial charge in [0.2, 0.25) is 0 Å². The molecule has 90 valence electrons. The number of nitrogens with two attached hydrogens (primary N) is 1. The minimum Gasteiger partial charge on any atom is -0.335 e. The molecule has 1 unspecified atom stereocenters. The van der Waals surface area contributed by atoms with Gasteiger partial charge in [0, 0.05) is 37.6 Å². The zero-order chi connectivity index (χ0) is 12.3. The van der Waals surface area contributed by atoms with Crippen molar-refractivity contribution in [2.45, 2.75) is 25.9 Å². The zero-order valence-electron chi connectivity index (χ0n) is 9.68. The van der Waals surface area contributed by atoms with Gasteiger partial charge in [0.15, 0.2) is 0 Å². The first kappa shape index (κ1) is 11.7. The summed E-state index contributed by atoms with van der Waals surface area (Å²) in [6, 6.07) is 1.13. The molecule has 0 aliphatic heterocycles. The summed E-state index contributed by atoms with van der Waals surface area (Å²) in [5.41, 5.74) is 6.71. The molecule has 0 aromatic carbocycles. The average Bonchev–Trinajstić information content (AvgIpc) is 2.76. The Morgan fingerprint density at radius 1 is 1.47 bits per heavy atom. The second-order valence-corrected chi connectivity index (χ2v) is 3.88. The third-order valence-electron chi connectivity index (χ3n) is 2.70. The molecular weight excluding hydrogens is 219 g/mol. The van der Waals surface area contributed by atoms with Crippen LogP contribution in [0.2, 0.25) is 0 Å². The summed E-state index contributed by atoms with van der Waals surface area (Å²) in [6.07, 6.45) is 6.99. The molecule has 2 N–H and O–H groups in total. The van der Waals surface area contributed by atoms with Gasteiger partial charge in [0.25, 0.3) is 0 Å². The predicted octanol–water partition coefficient (Wildman–Crippen LogP) is 1.68. The lowest BCUT2D eigenvalue weighted by Crippen LogP contribution is -2.16. The van der Waals surface area contributed by atoms with Crippen molar-refractivity contribution in [3.05, 3.63) is 48.1 Å². The number of halogens is 1. The number of hydrogen-bond donors (Lipinski definition) is 1. The van der Waals surface area contributed by atoms with Crippen LogP contribution in [0.15, 0.2) is 30.9 Å². The fourth-order valence-electron chi connectivity index (χ4n) is 1.76. The molecule has 0 bridgehead atoms. The lowest BCUT2D eigenvalue weighted by molar-refractivity contribution is 0.599. The molecule has 17 heavy (non-hydrogen) atoms. The number of aromatic nitrogens is 3. The van der Waals surface area contributed by atoms with Crippen LogP contribution in [-0.4, -0.2) is 14.5 Å². The first-order valence-corrected chi connectivity index (χ1v) is 5.56. The second-order valence-electron chi connectivity index (χ2n) is 3.88. The van der Waals surface area contributed by atoms with Crippen molar-refractivity contribution in [2.75, 3.05) is 0 Å². The van der Waals surface area contributed by atoms with Gasteiger partial charge in [0.1, 0.15) is 11.6 Å². The van der Waals surface area contributed by atoms with Crippen molar-refractivity contribution in [1.82, 2.24) is 14.5 Å². The molecule has 0 amide bonds. The Kier molecular flexibility index (Phi) is 3.49. The molecule has 2 rings (SSSR count). The molecule has 0 saturated heterocycles. The van der Waals surface area contributed by atoms with Gasteiger partial charge in [-0.25, -0.2) is 9.37 Å². The van der Waals surface area contributed by atoms with Crippen molar-refractivity contribution in [3.63, 3.8) is 0 Å². The van der Waals surface area contributed by atoms with E-state index in [1.165, 1.54) is 12.3 Å². The van der Waals surface area contributed by atoms with Gasteiger partial charge in [-0.15, -0.1) is 0 Å². The van der Waals surface area contributed by atoms with Crippen LogP contribution >= 0.6 is 0 Å². The van der Waals surface area contributed by atoms with Gasteiger partial charge in [0.05, 0.1) is 6.20 Å². The van der Waals surface area contributed by atoms with Crippen LogP contribution < -0.4 is 5.73 Å². The molecule has 0 aliphatic rings. The van der Waals surface area contributed by atoms with E-state index in [-0.39, 0.29) is 11.9 Å². The van der Waals surface area contributed by atoms with Crippen LogP contribution in [0.25, 0.3) is 0 Å². The van der Waals surface area contributed by atoms with E-state index in [2.05, 4.69) is 9.97 Å². The summed E-state index contributed by atoms with van der Waals surface area (Å²) in [6.45, 7) is 2.89. The standard InChI is InChI=1S/C12H15FN4/c1-2-17-4-3-16-12(17)6-11(14)9-5-10(13)8-15-7-9/h3-5,7-8,11H,2,6,14H2,1H3. The highest BCUT2D eigenvalue weighted by Gasteiger charge is 2.11. The topological polar surface area (TPSA) is 56.7 Å². The highest BCUT2D eigenvalue weighted by atomic mass is 19.1. The maximum absolute atomic E-state index is 13.0. The molecule has 0 saturated carbocycles. The van der Waals surface area contributed by atoms with E-state index < -0.39 is 0 Å². The molecule has 0 fully saturated rings. The largest absolute Gasteiger partial charge is 0.335 e. The molecular formula is C12H15FN4. The zero-order valence-corrected chi connectivity index (χ0v) is 9.68. The van der Waals surface area contributed by atoms with E-state index in [0.29, 0.717) is 12.0 Å². The van der Waals surface area contributed by atoms with Crippen molar-refractivity contribution < 1.29 is 4.39 Å². The Bertz CT molecular complexity index is 495. The van der Waals surface area contributed by atoms with Gasteiger partial charge in [-0.05, 0) is 18.6 Å². The van der Waals surface area contributed by atoms with Crippen LogP contribution in [0.1, 0.15) is 24.4 Å². The fourth-order valence-corrected chi connectivity index (χ4v) is 1.76. The Hall–Kier alpha value is -1.75. The monoisotopic (exact) mass is 234 g/mol. The Morgan fingerprint density at radius 2 is 2.29 bits per heavy atom. The van der Waals surface area contributed by atoms with E-state index in [9.17, 15) is 4.39 Å². The van der Waals surface area contributed by atoms with Crippen molar-refractivity contribution >= 4 is 0 Å². The molecule has 5 heteroatoms. The van der Waals surface area contributed by atoms with Crippen LogP contribution in [0.3, 0.4) is 0 Å². The molecule has 0 radical (unpaired) electrons. The number of aryl methyl sites for hydroxylation is 1. The van der Waals surface area contributed by atoms with Crippen molar-refractivity contribution in [1.29, 1.82) is 0 Å². The highest BCUT2D eigenvalue weighted by molar-refractivity contribution is 5.16. The summed E-state index contributed by atoms with van der Waals surface area (Å²) >= 11 is 0. The number of imidazole rings is 1. The lowest BCUT2D eigenvalue weighted by Gasteiger charge is -2.12. The first-order chi connectivity index (χ1) is 8.20. The maximum atomic E-state index is 13.0. The quantitative estimate of drug-likeness (QED) is 0.875. The number of hydrogen-bond acceptors (Lipinski definition) is 3. The van der Waals surface area contributed by atoms with Crippen LogP contribution in [0.5, 0.6) is 0 Å². The number of nitrogens with zero attached hydrogens (tertiary/aromatic N) is 3. The Balaban J connectivity index is 2.14. The van der Waals surface area contributed by atoms with E-state index >= 15 is 0 Å². The summed E-state index contributed by atoms with van der Waals surface area (Å²) in [7, 11) is 0. The van der Waals surface area contributed by atoms with Gasteiger partial charge in [-0.2, -0.15) is 0 Å². The number of pyridine rings is 1. The van der Waals surface area contributed by atoms with E-state index in [1.807, 2.05) is 17.7 Å². The predicted molar refractivity (Wildman–Crippen MR) is 62.7 cm³/mol. The molecule has 0 spiro atoms. The molecule has 1 atom stereocenters. The average molecular weight is 234 g/mol. The molecule has 2 heterocycles. The number of rotatable bonds is 4. The second kappa shape index (κ2) is 5.05. The summed E-state index contributed by atoms with van der Waals surface area (Å²) < 4.78 is 15.0. The van der Waals surface area contributed by atoms with Crippen molar-refractivity contribution in [2.24, 2.45) is 5.73 Å². The minimum absolute atomic E-state index is 0.286. The van der Waals surface area contributed by atoms with Crippen LogP contribution in [0.4, 0.5) is 4.39 Å². The lowest BCUT2D eigenvalue weighted by atomic mass is 10.1. The summed E-state index contributed by atoms with van der Waals surface area (Å²) in [5.74, 6) is 0.543. The van der Waals surface area contributed by atoms with Crippen molar-refractivity contribution in [3.8, 4) is 0 Å². The van der Waals surface area contributed by atoms with Gasteiger partial charge >= 0.3 is 0 Å². The Morgan fingerprint density at radius 3 is 3.00 bits per heavy atom. The highest BCUT2D eigenvalue weighted by Crippen LogP contribution is 2.15. The minimum atomic E-state index is -0.364. The normalized spacial score (nSPS) is 12.6. The summed E-state index contributed by atoms with van der Waals surface area (Å²) in [5, 5.41) is 0. The summed E-state index contributed by atoms with van der Waals surface area (Å²) in [4.78, 5) is 8.04. The third kappa shape index (κ3) is 2.68. The molecule has 2 aromatic rings. The van der Waals surface area contributed by atoms with Gasteiger partial charge in [-0.1, -0.05) is 0 Å². The van der Waals surface area contributed by atoms with E-state index in [1.54, 1.807) is 12.4 Å². The van der Waals surface area contributed by atoms with E-state index in [4.69, 9.17) is 5.73 Å². The Labute approximate surface area is 99.3 Å². The third-order valence-corrected chi connectivity index (χ3v) is 2.70. The molecule has 4 nitrogen and oxygen atoms in total. The smallest absolute Gasteiger partial charge is 0.141 e. The molecule has 0 aliphatic carbocycles. The van der Waals surface area contributed by atoms with Crippen LogP contribution in [0, 0.1) is 5.82 Å². The first-order valence-electron chi connectivity index (χ1n) is 5.56. The SMILES string of the molecule is CCn1ccnc1CC(N)c1cncc(F)c1. The van der Waals surface area contributed by atoms with Crippen LogP contribution in [-0.2, 0) is 13.0 Å². The van der Waals surface area contributed by atoms with Gasteiger partial charge < -0.3 is 10.3 Å². The van der Waals surface area contributed by atoms with E-state index in [0.717, 1.165) is 12.4 Å². The fraction of sp³-hybridized carbons (Fsp3) is 0.333.